The van der Waals surface area contributed by atoms with Gasteiger partial charge in [0.15, 0.2) is 0 Å². The minimum absolute atomic E-state index is 0.128. The summed E-state index contributed by atoms with van der Waals surface area (Å²) in [6.07, 6.45) is 2.58. The van der Waals surface area contributed by atoms with E-state index in [0.717, 1.165) is 80.6 Å². The average Bonchev–Trinajstić information content (AvgIpc) is 3.72. The largest absolute Gasteiger partial charge is 0.393 e. The smallest absolute Gasteiger partial charge is 0.390 e. The summed E-state index contributed by atoms with van der Waals surface area (Å²) in [4.78, 5) is 51.2. The number of amides is 2. The number of aryl methyl sites for hydroxylation is 1. The molecular weight excluding hydrogens is 780 g/mol. The highest BCUT2D eigenvalue weighted by Gasteiger charge is 2.32. The lowest BCUT2D eigenvalue weighted by Gasteiger charge is -2.34. The number of alkyl halides is 3. The van der Waals surface area contributed by atoms with Crippen molar-refractivity contribution in [1.29, 1.82) is 0 Å². The molecule has 0 spiro atoms. The Morgan fingerprint density at radius 2 is 1.67 bits per heavy atom. The van der Waals surface area contributed by atoms with E-state index in [-0.39, 0.29) is 42.7 Å². The third-order valence-electron chi connectivity index (χ3n) is 12.2. The van der Waals surface area contributed by atoms with Crippen molar-refractivity contribution in [2.75, 3.05) is 51.2 Å². The molecule has 2 amide bonds. The van der Waals surface area contributed by atoms with Crippen LogP contribution in [0, 0.1) is 0 Å². The first-order valence-electron chi connectivity index (χ1n) is 20.9. The van der Waals surface area contributed by atoms with Crippen molar-refractivity contribution >= 4 is 39.8 Å². The molecule has 5 aromatic rings. The summed E-state index contributed by atoms with van der Waals surface area (Å²) in [5.74, 6) is -0.599. The highest BCUT2D eigenvalue weighted by atomic mass is 19.4. The Balaban J connectivity index is 0.810. The number of aliphatic hydroxyl groups is 1. The number of carbonyl (C=O) groups excluding carboxylic acids is 2. The number of hydrogen-bond acceptors (Lipinski definition) is 10. The second kappa shape index (κ2) is 17.9. The zero-order valence-electron chi connectivity index (χ0n) is 33.8. The Morgan fingerprint density at radius 3 is 2.40 bits per heavy atom. The van der Waals surface area contributed by atoms with Gasteiger partial charge in [-0.05, 0) is 67.3 Å². The molecule has 320 valence electrons. The summed E-state index contributed by atoms with van der Waals surface area (Å²) < 4.78 is 49.5. The predicted octanol–water partition coefficient (Wildman–Crippen LogP) is 5.29. The molecule has 1 atom stereocenters. The SMILES string of the molecule is Cn1c(=O)n([C@H]2CCC(=O)NC2=O)c2ccc(COCCCN3CCN(Cc4ccc(-c5cn(C6CCC(O)CC6)c6nc(NCCC(F)(F)F)ncc56)cc4)CC3)cc21. The van der Waals surface area contributed by atoms with Crippen molar-refractivity contribution in [2.24, 2.45) is 7.05 Å². The van der Waals surface area contributed by atoms with Gasteiger partial charge in [0.25, 0.3) is 0 Å². The molecule has 0 bridgehead atoms. The van der Waals surface area contributed by atoms with Crippen molar-refractivity contribution in [3.05, 3.63) is 76.5 Å². The van der Waals surface area contributed by atoms with E-state index in [2.05, 4.69) is 65.4 Å². The fraction of sp³-hybridized carbons (Fsp3) is 0.512. The van der Waals surface area contributed by atoms with Gasteiger partial charge in [-0.15, -0.1) is 0 Å². The van der Waals surface area contributed by atoms with Crippen LogP contribution in [0.5, 0.6) is 0 Å². The molecule has 14 nitrogen and oxygen atoms in total. The van der Waals surface area contributed by atoms with Crippen LogP contribution in [0.2, 0.25) is 0 Å². The summed E-state index contributed by atoms with van der Waals surface area (Å²) in [5.41, 5.74) is 5.89. The number of anilines is 1. The van der Waals surface area contributed by atoms with E-state index in [1.807, 2.05) is 18.2 Å². The number of imidazole rings is 1. The van der Waals surface area contributed by atoms with Crippen LogP contribution in [-0.2, 0) is 34.5 Å². The van der Waals surface area contributed by atoms with Gasteiger partial charge < -0.3 is 24.6 Å². The molecule has 2 saturated heterocycles. The van der Waals surface area contributed by atoms with E-state index in [4.69, 9.17) is 4.74 Å². The number of piperidine rings is 1. The van der Waals surface area contributed by atoms with Gasteiger partial charge in [-0.2, -0.15) is 18.2 Å². The molecule has 0 radical (unpaired) electrons. The maximum Gasteiger partial charge on any atom is 0.390 e. The number of halogens is 3. The summed E-state index contributed by atoms with van der Waals surface area (Å²) >= 11 is 0. The van der Waals surface area contributed by atoms with Gasteiger partial charge >= 0.3 is 11.9 Å². The second-order valence-corrected chi connectivity index (χ2v) is 16.4. The number of aromatic nitrogens is 5. The maximum absolute atomic E-state index is 13.1. The predicted molar refractivity (Wildman–Crippen MR) is 220 cm³/mol. The zero-order chi connectivity index (χ0) is 42.0. The quantitative estimate of drug-likeness (QED) is 0.0995. The minimum Gasteiger partial charge on any atom is -0.393 e. The third-order valence-corrected chi connectivity index (χ3v) is 12.2. The van der Waals surface area contributed by atoms with Gasteiger partial charge in [0.05, 0.1) is 30.2 Å². The van der Waals surface area contributed by atoms with Crippen molar-refractivity contribution in [2.45, 2.75) is 88.9 Å². The lowest BCUT2D eigenvalue weighted by atomic mass is 9.93. The summed E-state index contributed by atoms with van der Waals surface area (Å²) in [6, 6.07) is 13.6. The van der Waals surface area contributed by atoms with E-state index in [1.165, 1.54) is 14.7 Å². The van der Waals surface area contributed by atoms with Crippen LogP contribution >= 0.6 is 0 Å². The van der Waals surface area contributed by atoms with Gasteiger partial charge in [0.1, 0.15) is 11.7 Å². The molecule has 17 heteroatoms. The number of piperazine rings is 1. The number of ether oxygens (including phenoxy) is 1. The van der Waals surface area contributed by atoms with Gasteiger partial charge in [-0.25, -0.2) is 9.78 Å². The molecule has 1 saturated carbocycles. The molecule has 2 aliphatic heterocycles. The van der Waals surface area contributed by atoms with Crippen molar-refractivity contribution in [1.82, 2.24) is 38.8 Å². The fourth-order valence-corrected chi connectivity index (χ4v) is 8.80. The first kappa shape index (κ1) is 41.6. The van der Waals surface area contributed by atoms with Crippen LogP contribution in [0.4, 0.5) is 19.1 Å². The maximum atomic E-state index is 13.1. The van der Waals surface area contributed by atoms with Gasteiger partial charge in [0, 0.05) is 95.3 Å². The summed E-state index contributed by atoms with van der Waals surface area (Å²) in [5, 5.41) is 16.0. The van der Waals surface area contributed by atoms with E-state index >= 15 is 0 Å². The van der Waals surface area contributed by atoms with Crippen molar-refractivity contribution < 1.29 is 32.6 Å². The molecule has 3 aromatic heterocycles. The van der Waals surface area contributed by atoms with Crippen LogP contribution in [0.3, 0.4) is 0 Å². The Kier molecular flexibility index (Phi) is 12.4. The summed E-state index contributed by atoms with van der Waals surface area (Å²) in [6.45, 7) is 6.35. The molecule has 8 rings (SSSR count). The first-order chi connectivity index (χ1) is 28.9. The van der Waals surface area contributed by atoms with Crippen molar-refractivity contribution in [3.8, 4) is 11.1 Å². The summed E-state index contributed by atoms with van der Waals surface area (Å²) in [7, 11) is 1.69. The topological polar surface area (TPSA) is 152 Å². The highest BCUT2D eigenvalue weighted by Crippen LogP contribution is 2.37. The molecular formula is C43H52F3N9O5. The molecule has 3 aliphatic rings. The third kappa shape index (κ3) is 9.43. The van der Waals surface area contributed by atoms with E-state index in [9.17, 15) is 32.7 Å². The van der Waals surface area contributed by atoms with Crippen LogP contribution in [0.25, 0.3) is 33.2 Å². The number of rotatable bonds is 14. The van der Waals surface area contributed by atoms with Crippen LogP contribution < -0.4 is 16.3 Å². The van der Waals surface area contributed by atoms with Crippen LogP contribution in [0.1, 0.15) is 74.6 Å². The average molecular weight is 832 g/mol. The molecule has 1 aliphatic carbocycles. The molecule has 3 fully saturated rings. The zero-order valence-corrected chi connectivity index (χ0v) is 33.8. The fourth-order valence-electron chi connectivity index (χ4n) is 8.80. The second-order valence-electron chi connectivity index (χ2n) is 16.4. The van der Waals surface area contributed by atoms with E-state index in [0.29, 0.717) is 49.2 Å². The number of fused-ring (bicyclic) bond motifs is 2. The van der Waals surface area contributed by atoms with Crippen molar-refractivity contribution in [3.63, 3.8) is 0 Å². The Bertz CT molecular complexity index is 2380. The minimum atomic E-state index is -4.27. The number of nitrogens with zero attached hydrogens (tertiary/aromatic N) is 7. The molecule has 2 aromatic carbocycles. The van der Waals surface area contributed by atoms with Crippen LogP contribution in [0.15, 0.2) is 59.7 Å². The van der Waals surface area contributed by atoms with Gasteiger partial charge in [-0.1, -0.05) is 30.3 Å². The highest BCUT2D eigenvalue weighted by molar-refractivity contribution is 6.00. The Labute approximate surface area is 345 Å². The normalized spacial score (nSPS) is 20.9. The number of imide groups is 1. The number of benzene rings is 2. The molecule has 5 heterocycles. The van der Waals surface area contributed by atoms with E-state index in [1.54, 1.807) is 13.2 Å². The number of aliphatic hydroxyl groups excluding tert-OH is 1. The molecule has 60 heavy (non-hydrogen) atoms. The number of nitrogens with one attached hydrogen (secondary N) is 2. The number of hydrogen-bond donors (Lipinski definition) is 3. The van der Waals surface area contributed by atoms with Crippen LogP contribution in [-0.4, -0.2) is 109 Å². The number of carbonyl (C=O) groups is 2. The molecule has 0 unspecified atom stereocenters. The lowest BCUT2D eigenvalue weighted by molar-refractivity contribution is -0.136. The van der Waals surface area contributed by atoms with Gasteiger partial charge in [-0.3, -0.25) is 28.9 Å². The Morgan fingerprint density at radius 1 is 0.933 bits per heavy atom. The standard InChI is InChI=1S/C43H52F3N9O5/c1-51-37-23-29(5-12-35(37)55(42(51)59)36-13-14-38(57)49-40(36)58)27-60-22-2-17-52-18-20-53(21-19-52)25-28-3-6-30(7-4-28)34-26-54(31-8-10-32(56)11-9-31)39-33(34)24-48-41(50-39)47-16-15-43(44,45)46/h3-7,12,23-24,26,31-32,36,56H,2,8-11,13-22,25,27H2,1H3,(H,47,48,50)(H,49,57,58)/t31?,32?,36-/m0/s1. The molecule has 3 N–H and O–H groups in total. The van der Waals surface area contributed by atoms with E-state index < -0.39 is 24.5 Å². The van der Waals surface area contributed by atoms with Gasteiger partial charge in [0.2, 0.25) is 17.8 Å². The lowest BCUT2D eigenvalue weighted by Crippen LogP contribution is -2.46. The first-order valence-corrected chi connectivity index (χ1v) is 20.9. The Hall–Kier alpha value is -5.10. The monoisotopic (exact) mass is 831 g/mol.